The zero-order valence-corrected chi connectivity index (χ0v) is 19.9. The molecule has 1 aliphatic heterocycles. The van der Waals surface area contributed by atoms with E-state index in [0.717, 1.165) is 45.6 Å². The molecule has 1 fully saturated rings. The van der Waals surface area contributed by atoms with Crippen LogP contribution in [0.5, 0.6) is 0 Å². The number of thiazole rings is 1. The van der Waals surface area contributed by atoms with Crippen LogP contribution in [-0.2, 0) is 17.5 Å². The highest BCUT2D eigenvalue weighted by atomic mass is 32.1. The number of aromatic nitrogens is 4. The van der Waals surface area contributed by atoms with E-state index in [2.05, 4.69) is 22.4 Å². The average molecular weight is 504 g/mol. The zero-order chi connectivity index (χ0) is 24.6. The van der Waals surface area contributed by atoms with Gasteiger partial charge in [0.2, 0.25) is 5.91 Å². The van der Waals surface area contributed by atoms with Crippen LogP contribution < -0.4 is 0 Å². The maximum Gasteiger partial charge on any atom is 0.433 e. The van der Waals surface area contributed by atoms with Gasteiger partial charge in [-0.2, -0.15) is 18.3 Å². The molecule has 11 heteroatoms. The number of amides is 1. The van der Waals surface area contributed by atoms with Crippen LogP contribution in [0.3, 0.4) is 0 Å². The molecule has 7 nitrogen and oxygen atoms in total. The standard InChI is InChI=1S/C24H24F3N5O2S/c1-15-11-21(24(25,26)27)32(29-15)13-22(33)31-9-7-17(8-10-31)23-28-19(14-35-23)18-12-20(34-30-18)16-5-3-2-4-6-16/h3,5-6,11-12,14,17H,2,4,7-10,13H2,1H3. The maximum absolute atomic E-state index is 13.2. The van der Waals surface area contributed by atoms with Gasteiger partial charge in [0.05, 0.1) is 10.7 Å². The molecule has 0 saturated carbocycles. The first-order chi connectivity index (χ1) is 16.8. The van der Waals surface area contributed by atoms with Gasteiger partial charge in [-0.15, -0.1) is 11.3 Å². The summed E-state index contributed by atoms with van der Waals surface area (Å²) in [5.74, 6) is 0.544. The quantitative estimate of drug-likeness (QED) is 0.462. The largest absolute Gasteiger partial charge is 0.433 e. The Kier molecular flexibility index (Phi) is 6.35. The van der Waals surface area contributed by atoms with E-state index < -0.39 is 18.4 Å². The SMILES string of the molecule is Cc1cc(C(F)(F)F)n(CC(=O)N2CCC(c3nc(-c4cc(C5=CCCC=C5)on4)cs3)CC2)n1. The van der Waals surface area contributed by atoms with Gasteiger partial charge >= 0.3 is 6.18 Å². The van der Waals surface area contributed by atoms with Gasteiger partial charge in [-0.25, -0.2) is 4.98 Å². The molecule has 35 heavy (non-hydrogen) atoms. The molecule has 0 unspecified atom stereocenters. The van der Waals surface area contributed by atoms with Gasteiger partial charge in [0.15, 0.2) is 5.76 Å². The van der Waals surface area contributed by atoms with Crippen LogP contribution in [-0.4, -0.2) is 43.8 Å². The molecular weight excluding hydrogens is 479 g/mol. The molecule has 0 spiro atoms. The molecule has 1 saturated heterocycles. The van der Waals surface area contributed by atoms with Gasteiger partial charge in [0, 0.05) is 36.0 Å². The maximum atomic E-state index is 13.2. The van der Waals surface area contributed by atoms with Crippen LogP contribution in [0.25, 0.3) is 17.0 Å². The second-order valence-electron chi connectivity index (χ2n) is 8.77. The first-order valence-corrected chi connectivity index (χ1v) is 12.3. The van der Waals surface area contributed by atoms with Crippen LogP contribution in [0, 0.1) is 6.92 Å². The Morgan fingerprint density at radius 2 is 2.00 bits per heavy atom. The smallest absolute Gasteiger partial charge is 0.356 e. The van der Waals surface area contributed by atoms with E-state index in [9.17, 15) is 18.0 Å². The van der Waals surface area contributed by atoms with Gasteiger partial charge in [-0.05, 0) is 38.7 Å². The van der Waals surface area contributed by atoms with E-state index >= 15 is 0 Å². The predicted octanol–water partition coefficient (Wildman–Crippen LogP) is 5.46. The molecule has 4 heterocycles. The molecule has 0 bridgehead atoms. The zero-order valence-electron chi connectivity index (χ0n) is 19.1. The van der Waals surface area contributed by atoms with Crippen molar-refractivity contribution >= 4 is 22.8 Å². The number of piperidine rings is 1. The van der Waals surface area contributed by atoms with Gasteiger partial charge < -0.3 is 9.42 Å². The number of carbonyl (C=O) groups is 1. The van der Waals surface area contributed by atoms with Crippen LogP contribution in [0.15, 0.2) is 40.3 Å². The van der Waals surface area contributed by atoms with Crippen molar-refractivity contribution in [1.29, 1.82) is 0 Å². The molecule has 2 aliphatic rings. The summed E-state index contributed by atoms with van der Waals surface area (Å²) in [6, 6.07) is 2.86. The number of carbonyl (C=O) groups excluding carboxylic acids is 1. The van der Waals surface area contributed by atoms with Crippen LogP contribution >= 0.6 is 11.3 Å². The van der Waals surface area contributed by atoms with Crippen LogP contribution in [0.4, 0.5) is 13.2 Å². The number of nitrogens with zero attached hydrogens (tertiary/aromatic N) is 5. The van der Waals surface area contributed by atoms with Gasteiger partial charge in [0.25, 0.3) is 0 Å². The molecule has 0 radical (unpaired) electrons. The van der Waals surface area contributed by atoms with E-state index in [-0.39, 0.29) is 17.5 Å². The number of hydrogen-bond donors (Lipinski definition) is 0. The highest BCUT2D eigenvalue weighted by Gasteiger charge is 2.36. The molecule has 0 N–H and O–H groups in total. The second-order valence-corrected chi connectivity index (χ2v) is 9.66. The second kappa shape index (κ2) is 9.44. The number of aryl methyl sites for hydroxylation is 1. The summed E-state index contributed by atoms with van der Waals surface area (Å²) in [5, 5.41) is 11.0. The normalized spacial score (nSPS) is 17.1. The Morgan fingerprint density at radius 1 is 1.20 bits per heavy atom. The molecule has 3 aromatic rings. The van der Waals surface area contributed by atoms with Crippen LogP contribution in [0.2, 0.25) is 0 Å². The molecule has 0 aromatic carbocycles. The minimum Gasteiger partial charge on any atom is -0.356 e. The summed E-state index contributed by atoms with van der Waals surface area (Å²) in [4.78, 5) is 19.0. The number of hydrogen-bond acceptors (Lipinski definition) is 6. The molecule has 5 rings (SSSR count). The molecule has 1 aliphatic carbocycles. The number of allylic oxidation sites excluding steroid dienone is 4. The van der Waals surface area contributed by atoms with Crippen molar-refractivity contribution in [1.82, 2.24) is 24.8 Å². The topological polar surface area (TPSA) is 77.0 Å². The number of likely N-dealkylation sites (tertiary alicyclic amines) is 1. The Balaban J connectivity index is 1.20. The lowest BCUT2D eigenvalue weighted by Gasteiger charge is -2.31. The van der Waals surface area contributed by atoms with Crippen molar-refractivity contribution in [3.8, 4) is 11.4 Å². The van der Waals surface area contributed by atoms with E-state index in [1.165, 1.54) is 6.92 Å². The lowest BCUT2D eigenvalue weighted by molar-refractivity contribution is -0.146. The van der Waals surface area contributed by atoms with Gasteiger partial charge in [-0.3, -0.25) is 9.48 Å². The van der Waals surface area contributed by atoms with Gasteiger partial charge in [0.1, 0.15) is 23.6 Å². The van der Waals surface area contributed by atoms with Crippen molar-refractivity contribution in [2.45, 2.75) is 51.2 Å². The number of halogens is 3. The lowest BCUT2D eigenvalue weighted by atomic mass is 9.97. The molecule has 1 amide bonds. The number of alkyl halides is 3. The average Bonchev–Trinajstić information content (AvgIpc) is 3.59. The summed E-state index contributed by atoms with van der Waals surface area (Å²) in [5.41, 5.74) is 1.79. The minimum absolute atomic E-state index is 0.186. The Bertz CT molecular complexity index is 1280. The molecular formula is C24H24F3N5O2S. The van der Waals surface area contributed by atoms with Crippen molar-refractivity contribution < 1.29 is 22.5 Å². The third kappa shape index (κ3) is 5.09. The lowest BCUT2D eigenvalue weighted by Crippen LogP contribution is -2.40. The van der Waals surface area contributed by atoms with E-state index in [0.29, 0.717) is 31.6 Å². The van der Waals surface area contributed by atoms with Crippen LogP contribution in [0.1, 0.15) is 53.8 Å². The number of rotatable bonds is 5. The highest BCUT2D eigenvalue weighted by Crippen LogP contribution is 2.34. The van der Waals surface area contributed by atoms with Crippen molar-refractivity contribution in [2.24, 2.45) is 0 Å². The predicted molar refractivity (Wildman–Crippen MR) is 124 cm³/mol. The molecule has 184 valence electrons. The van der Waals surface area contributed by atoms with Crippen molar-refractivity contribution in [3.05, 3.63) is 57.9 Å². The molecule has 0 atom stereocenters. The summed E-state index contributed by atoms with van der Waals surface area (Å²) < 4.78 is 45.9. The van der Waals surface area contributed by atoms with Crippen molar-refractivity contribution in [3.63, 3.8) is 0 Å². The fourth-order valence-electron chi connectivity index (χ4n) is 4.42. The fourth-order valence-corrected chi connectivity index (χ4v) is 5.40. The Labute approximate surface area is 203 Å². The third-order valence-electron chi connectivity index (χ3n) is 6.25. The molecule has 3 aromatic heterocycles. The third-order valence-corrected chi connectivity index (χ3v) is 7.26. The fraction of sp³-hybridized carbons (Fsp3) is 0.417. The monoisotopic (exact) mass is 503 g/mol. The van der Waals surface area contributed by atoms with Crippen molar-refractivity contribution in [2.75, 3.05) is 13.1 Å². The first-order valence-electron chi connectivity index (χ1n) is 11.5. The van der Waals surface area contributed by atoms with E-state index in [4.69, 9.17) is 9.51 Å². The highest BCUT2D eigenvalue weighted by molar-refractivity contribution is 7.10. The van der Waals surface area contributed by atoms with Gasteiger partial charge in [-0.1, -0.05) is 23.4 Å². The summed E-state index contributed by atoms with van der Waals surface area (Å²) in [7, 11) is 0. The first kappa shape index (κ1) is 23.5. The Morgan fingerprint density at radius 3 is 2.71 bits per heavy atom. The Hall–Kier alpha value is -3.21. The van der Waals surface area contributed by atoms with E-state index in [1.54, 1.807) is 16.2 Å². The summed E-state index contributed by atoms with van der Waals surface area (Å²) in [6.45, 7) is 1.99. The van der Waals surface area contributed by atoms with E-state index in [1.807, 2.05) is 17.5 Å². The summed E-state index contributed by atoms with van der Waals surface area (Å²) >= 11 is 1.55. The minimum atomic E-state index is -4.55. The summed E-state index contributed by atoms with van der Waals surface area (Å²) in [6.07, 6.45) is 5.13.